The largest absolute Gasteiger partial charge is 0.494 e. The van der Waals surface area contributed by atoms with Gasteiger partial charge >= 0.3 is 11.7 Å². The zero-order valence-corrected chi connectivity index (χ0v) is 13.7. The first-order valence-electron chi connectivity index (χ1n) is 7.49. The van der Waals surface area contributed by atoms with Crippen LogP contribution in [0.3, 0.4) is 0 Å². The minimum atomic E-state index is -0.860. The lowest BCUT2D eigenvalue weighted by atomic mass is 10.2. The number of carbonyl (C=O) groups excluding carboxylic acids is 3. The summed E-state index contributed by atoms with van der Waals surface area (Å²) in [4.78, 5) is 60.2. The van der Waals surface area contributed by atoms with Gasteiger partial charge in [0, 0.05) is 0 Å². The third kappa shape index (κ3) is 5.39. The molecule has 0 aromatic carbocycles. The topological polar surface area (TPSA) is 161 Å². The molecule has 0 bridgehead atoms. The molecule has 0 unspecified atom stereocenters. The van der Waals surface area contributed by atoms with Gasteiger partial charge in [-0.1, -0.05) is 42.5 Å². The SMILES string of the molecule is O=C1NC(=O)C(=C/C=C/C=C/C=C/C=C/c2c(O)[nH]c(=O)[nH]c2=O)C(=O)N1. The van der Waals surface area contributed by atoms with Crippen molar-refractivity contribution in [3.05, 3.63) is 80.6 Å². The summed E-state index contributed by atoms with van der Waals surface area (Å²) in [6, 6.07) is -0.860. The average Bonchev–Trinajstić information content (AvgIpc) is 2.56. The zero-order chi connectivity index (χ0) is 19.8. The van der Waals surface area contributed by atoms with Crippen LogP contribution in [0.15, 0.2) is 63.8 Å². The summed E-state index contributed by atoms with van der Waals surface area (Å²) < 4.78 is 0. The number of imide groups is 2. The highest BCUT2D eigenvalue weighted by atomic mass is 16.3. The number of aromatic amines is 2. The van der Waals surface area contributed by atoms with Crippen LogP contribution >= 0.6 is 0 Å². The van der Waals surface area contributed by atoms with E-state index < -0.39 is 35.0 Å². The van der Waals surface area contributed by atoms with Crippen LogP contribution in [0.5, 0.6) is 5.88 Å². The van der Waals surface area contributed by atoms with Crippen molar-refractivity contribution < 1.29 is 19.5 Å². The third-order valence-corrected chi connectivity index (χ3v) is 3.09. The van der Waals surface area contributed by atoms with Crippen LogP contribution in [0.1, 0.15) is 5.56 Å². The van der Waals surface area contributed by atoms with Crippen LogP contribution in [0.25, 0.3) is 6.08 Å². The van der Waals surface area contributed by atoms with E-state index >= 15 is 0 Å². The Bertz CT molecular complexity index is 1010. The fraction of sp³-hybridized carbons (Fsp3) is 0. The van der Waals surface area contributed by atoms with Crippen molar-refractivity contribution in [3.63, 3.8) is 0 Å². The monoisotopic (exact) mass is 370 g/mol. The molecule has 0 saturated carbocycles. The average molecular weight is 370 g/mol. The van der Waals surface area contributed by atoms with Crippen molar-refractivity contribution in [2.75, 3.05) is 0 Å². The lowest BCUT2D eigenvalue weighted by Crippen LogP contribution is -2.51. The summed E-state index contributed by atoms with van der Waals surface area (Å²) in [6.07, 6.45) is 13.5. The molecule has 138 valence electrons. The Kier molecular flexibility index (Phi) is 6.20. The number of aromatic hydroxyl groups is 1. The van der Waals surface area contributed by atoms with E-state index in [0.29, 0.717) is 0 Å². The Balaban J connectivity index is 1.91. The van der Waals surface area contributed by atoms with Crippen LogP contribution in [0.4, 0.5) is 4.79 Å². The first kappa shape index (κ1) is 19.1. The Morgan fingerprint density at radius 3 is 1.85 bits per heavy atom. The van der Waals surface area contributed by atoms with Crippen LogP contribution in [0.2, 0.25) is 0 Å². The lowest BCUT2D eigenvalue weighted by Gasteiger charge is -2.12. The minimum Gasteiger partial charge on any atom is -0.494 e. The number of amides is 4. The van der Waals surface area contributed by atoms with Gasteiger partial charge in [0.25, 0.3) is 17.4 Å². The maximum absolute atomic E-state index is 11.5. The molecule has 10 heteroatoms. The molecule has 1 aliphatic heterocycles. The highest BCUT2D eigenvalue weighted by molar-refractivity contribution is 6.29. The number of rotatable bonds is 5. The lowest BCUT2D eigenvalue weighted by molar-refractivity contribution is -0.124. The fourth-order valence-electron chi connectivity index (χ4n) is 1.89. The maximum Gasteiger partial charge on any atom is 0.328 e. The van der Waals surface area contributed by atoms with E-state index in [1.807, 2.05) is 15.6 Å². The predicted octanol–water partition coefficient (Wildman–Crippen LogP) is -0.257. The second kappa shape index (κ2) is 8.76. The first-order chi connectivity index (χ1) is 12.9. The van der Waals surface area contributed by atoms with E-state index in [0.717, 1.165) is 0 Å². The Morgan fingerprint density at radius 2 is 1.26 bits per heavy atom. The van der Waals surface area contributed by atoms with Gasteiger partial charge in [-0.15, -0.1) is 0 Å². The molecule has 2 heterocycles. The minimum absolute atomic E-state index is 0.0859. The molecular formula is C17H14N4O6. The van der Waals surface area contributed by atoms with Crippen molar-refractivity contribution in [2.24, 2.45) is 0 Å². The highest BCUT2D eigenvalue weighted by Gasteiger charge is 2.26. The molecule has 1 aromatic rings. The van der Waals surface area contributed by atoms with Crippen molar-refractivity contribution in [1.29, 1.82) is 0 Å². The standard InChI is InChI=1S/C17H14N4O6/c22-12-10(13(23)19-16(26)18-12)8-6-4-2-1-3-5-7-9-11-14(24)20-17(27)21-15(11)25/h1-9H,(H2,18,19,22,23,26)(H3,20,21,24,25,27)/b2-1+,5-3+,6-4+,9-7+. The molecule has 0 atom stereocenters. The molecule has 4 amide bonds. The van der Waals surface area contributed by atoms with Gasteiger partial charge in [0.2, 0.25) is 5.88 Å². The first-order valence-corrected chi connectivity index (χ1v) is 7.49. The summed E-state index contributed by atoms with van der Waals surface area (Å²) in [7, 11) is 0. The maximum atomic E-state index is 11.5. The number of H-pyrrole nitrogens is 2. The molecule has 2 rings (SSSR count). The second-order valence-electron chi connectivity index (χ2n) is 5.00. The van der Waals surface area contributed by atoms with Crippen molar-refractivity contribution in [1.82, 2.24) is 20.6 Å². The summed E-state index contributed by atoms with van der Waals surface area (Å²) >= 11 is 0. The van der Waals surface area contributed by atoms with E-state index in [9.17, 15) is 29.1 Å². The van der Waals surface area contributed by atoms with Gasteiger partial charge in [-0.05, 0) is 12.2 Å². The molecule has 10 nitrogen and oxygen atoms in total. The van der Waals surface area contributed by atoms with E-state index in [1.54, 1.807) is 30.4 Å². The summed E-state index contributed by atoms with van der Waals surface area (Å²) in [5.41, 5.74) is -1.80. The van der Waals surface area contributed by atoms with E-state index in [-0.39, 0.29) is 11.1 Å². The molecule has 1 saturated heterocycles. The van der Waals surface area contributed by atoms with Gasteiger partial charge in [-0.3, -0.25) is 35.0 Å². The quantitative estimate of drug-likeness (QED) is 0.273. The number of carbonyl (C=O) groups is 3. The van der Waals surface area contributed by atoms with E-state index in [4.69, 9.17) is 0 Å². The molecular weight excluding hydrogens is 356 g/mol. The molecule has 1 fully saturated rings. The van der Waals surface area contributed by atoms with E-state index in [2.05, 4.69) is 4.98 Å². The normalized spacial score (nSPS) is 15.3. The number of allylic oxidation sites excluding steroid dienone is 8. The summed E-state index contributed by atoms with van der Waals surface area (Å²) in [6.45, 7) is 0. The Hall–Kier alpha value is -4.21. The smallest absolute Gasteiger partial charge is 0.328 e. The van der Waals surface area contributed by atoms with Gasteiger partial charge < -0.3 is 5.11 Å². The third-order valence-electron chi connectivity index (χ3n) is 3.09. The molecule has 1 aliphatic rings. The molecule has 5 N–H and O–H groups in total. The number of hydrogen-bond acceptors (Lipinski definition) is 6. The van der Waals surface area contributed by atoms with Gasteiger partial charge in [0.05, 0.1) is 5.56 Å². The van der Waals surface area contributed by atoms with Crippen molar-refractivity contribution in [3.8, 4) is 5.88 Å². The number of aromatic nitrogens is 2. The second-order valence-corrected chi connectivity index (χ2v) is 5.00. The highest BCUT2D eigenvalue weighted by Crippen LogP contribution is 2.06. The fourth-order valence-corrected chi connectivity index (χ4v) is 1.89. The molecule has 27 heavy (non-hydrogen) atoms. The molecule has 0 spiro atoms. The predicted molar refractivity (Wildman–Crippen MR) is 95.6 cm³/mol. The number of barbiturate groups is 1. The Labute approximate surface area is 151 Å². The zero-order valence-electron chi connectivity index (χ0n) is 13.7. The van der Waals surface area contributed by atoms with Crippen LogP contribution in [-0.2, 0) is 9.59 Å². The van der Waals surface area contributed by atoms with Gasteiger partial charge in [-0.2, -0.15) is 0 Å². The van der Waals surface area contributed by atoms with Gasteiger partial charge in [0.1, 0.15) is 5.57 Å². The molecule has 0 radical (unpaired) electrons. The Morgan fingerprint density at radius 1 is 0.704 bits per heavy atom. The number of nitrogens with one attached hydrogen (secondary N) is 4. The van der Waals surface area contributed by atoms with E-state index in [1.165, 1.54) is 24.3 Å². The number of urea groups is 1. The summed E-state index contributed by atoms with van der Waals surface area (Å²) in [5.74, 6) is -2.08. The molecule has 0 aliphatic carbocycles. The summed E-state index contributed by atoms with van der Waals surface area (Å²) in [5, 5.41) is 13.4. The van der Waals surface area contributed by atoms with Crippen LogP contribution in [0, 0.1) is 0 Å². The van der Waals surface area contributed by atoms with Gasteiger partial charge in [0.15, 0.2) is 0 Å². The van der Waals surface area contributed by atoms with Crippen molar-refractivity contribution >= 4 is 23.9 Å². The number of hydrogen-bond donors (Lipinski definition) is 5. The van der Waals surface area contributed by atoms with Crippen LogP contribution < -0.4 is 21.9 Å². The van der Waals surface area contributed by atoms with Crippen LogP contribution in [-0.4, -0.2) is 32.9 Å². The molecule has 1 aromatic heterocycles. The van der Waals surface area contributed by atoms with Gasteiger partial charge in [-0.25, -0.2) is 9.59 Å². The van der Waals surface area contributed by atoms with Crippen molar-refractivity contribution in [2.45, 2.75) is 0 Å².